The van der Waals surface area contributed by atoms with Crippen LogP contribution < -0.4 is 5.32 Å². The molecule has 0 saturated carbocycles. The fourth-order valence-corrected chi connectivity index (χ4v) is 2.58. The Morgan fingerprint density at radius 2 is 1.83 bits per heavy atom. The summed E-state index contributed by atoms with van der Waals surface area (Å²) in [7, 11) is -1.30. The molecule has 0 aliphatic carbocycles. The first-order valence-corrected chi connectivity index (χ1v) is 8.29. The SMILES string of the molecule is CCNC(=O)[C@H](C)OC(=O)c1ccc(S(=O)(=O)N(C)OC)cc1. The van der Waals surface area contributed by atoms with Crippen LogP contribution >= 0.6 is 0 Å². The number of esters is 1. The Morgan fingerprint density at radius 3 is 2.30 bits per heavy atom. The van der Waals surface area contributed by atoms with Gasteiger partial charge in [-0.2, -0.15) is 0 Å². The molecule has 0 aliphatic heterocycles. The van der Waals surface area contributed by atoms with Crippen LogP contribution in [-0.2, 0) is 24.4 Å². The first-order chi connectivity index (χ1) is 10.7. The molecule has 0 saturated heterocycles. The molecule has 0 aliphatic rings. The average molecular weight is 344 g/mol. The number of sulfonamides is 1. The van der Waals surface area contributed by atoms with E-state index in [1.54, 1.807) is 6.92 Å². The Hall–Kier alpha value is -1.97. The maximum atomic E-state index is 12.0. The lowest BCUT2D eigenvalue weighted by atomic mass is 10.2. The molecule has 0 spiro atoms. The molecule has 8 nitrogen and oxygen atoms in total. The summed E-state index contributed by atoms with van der Waals surface area (Å²) in [5.41, 5.74) is 0.139. The average Bonchev–Trinajstić information content (AvgIpc) is 2.54. The van der Waals surface area contributed by atoms with Gasteiger partial charge in [0.15, 0.2) is 6.10 Å². The van der Waals surface area contributed by atoms with Gasteiger partial charge in [0, 0.05) is 13.6 Å². The molecule has 0 fully saturated rings. The molecule has 0 heterocycles. The van der Waals surface area contributed by atoms with Crippen LogP contribution in [0.25, 0.3) is 0 Å². The van der Waals surface area contributed by atoms with Crippen molar-refractivity contribution in [2.24, 2.45) is 0 Å². The number of nitrogens with one attached hydrogen (secondary N) is 1. The molecule has 0 unspecified atom stereocenters. The van der Waals surface area contributed by atoms with E-state index in [9.17, 15) is 18.0 Å². The largest absolute Gasteiger partial charge is 0.449 e. The third kappa shape index (κ3) is 4.75. The van der Waals surface area contributed by atoms with E-state index in [1.165, 1.54) is 45.3 Å². The summed E-state index contributed by atoms with van der Waals surface area (Å²) in [6, 6.07) is 5.14. The second kappa shape index (κ2) is 8.04. The number of benzene rings is 1. The molecule has 23 heavy (non-hydrogen) atoms. The number of rotatable bonds is 7. The van der Waals surface area contributed by atoms with E-state index in [0.717, 1.165) is 0 Å². The third-order valence-electron chi connectivity index (χ3n) is 2.99. The van der Waals surface area contributed by atoms with Gasteiger partial charge in [-0.05, 0) is 38.1 Å². The number of nitrogens with zero attached hydrogens (tertiary/aromatic N) is 1. The van der Waals surface area contributed by atoms with Crippen molar-refractivity contribution in [1.82, 2.24) is 9.79 Å². The van der Waals surface area contributed by atoms with E-state index < -0.39 is 28.0 Å². The minimum Gasteiger partial charge on any atom is -0.449 e. The van der Waals surface area contributed by atoms with Crippen molar-refractivity contribution < 1.29 is 27.6 Å². The standard InChI is InChI=1S/C14H20N2O6S/c1-5-15-13(17)10(2)22-14(18)11-6-8-12(9-7-11)23(19,20)16(3)21-4/h6-10H,5H2,1-4H3,(H,15,17)/t10-/m0/s1. The number of hydroxylamine groups is 1. The number of carbonyl (C=O) groups excluding carboxylic acids is 2. The maximum absolute atomic E-state index is 12.0. The minimum absolute atomic E-state index is 0.0322. The van der Waals surface area contributed by atoms with E-state index in [0.29, 0.717) is 11.0 Å². The Labute approximate surface area is 135 Å². The Balaban J connectivity index is 2.85. The molecule has 1 N–H and O–H groups in total. The van der Waals surface area contributed by atoms with Gasteiger partial charge in [0.05, 0.1) is 17.6 Å². The van der Waals surface area contributed by atoms with Gasteiger partial charge in [-0.15, -0.1) is 0 Å². The van der Waals surface area contributed by atoms with Crippen molar-refractivity contribution >= 4 is 21.9 Å². The van der Waals surface area contributed by atoms with Gasteiger partial charge < -0.3 is 10.1 Å². The summed E-state index contributed by atoms with van der Waals surface area (Å²) < 4.78 is 29.7. The van der Waals surface area contributed by atoms with E-state index in [1.807, 2.05) is 0 Å². The molecule has 0 radical (unpaired) electrons. The number of likely N-dealkylation sites (N-methyl/N-ethyl adjacent to an activating group) is 1. The number of hydrogen-bond acceptors (Lipinski definition) is 6. The monoisotopic (exact) mass is 344 g/mol. The van der Waals surface area contributed by atoms with Crippen LogP contribution in [-0.4, -0.2) is 51.6 Å². The van der Waals surface area contributed by atoms with Crippen LogP contribution in [0, 0.1) is 0 Å². The quantitative estimate of drug-likeness (QED) is 0.572. The Bertz CT molecular complexity index is 656. The van der Waals surface area contributed by atoms with E-state index in [2.05, 4.69) is 10.2 Å². The van der Waals surface area contributed by atoms with E-state index in [-0.39, 0.29) is 10.5 Å². The summed E-state index contributed by atoms with van der Waals surface area (Å²) >= 11 is 0. The molecule has 0 bridgehead atoms. The van der Waals surface area contributed by atoms with Gasteiger partial charge in [-0.25, -0.2) is 13.2 Å². The van der Waals surface area contributed by atoms with Crippen molar-refractivity contribution in [2.45, 2.75) is 24.8 Å². The molecule has 1 amide bonds. The number of ether oxygens (including phenoxy) is 1. The highest BCUT2D eigenvalue weighted by atomic mass is 32.2. The first-order valence-electron chi connectivity index (χ1n) is 6.85. The van der Waals surface area contributed by atoms with Crippen molar-refractivity contribution in [3.63, 3.8) is 0 Å². The topological polar surface area (TPSA) is 102 Å². The molecular formula is C14H20N2O6S. The molecule has 1 rings (SSSR count). The summed E-state index contributed by atoms with van der Waals surface area (Å²) in [6.45, 7) is 3.64. The molecule has 1 atom stereocenters. The molecule has 0 aromatic heterocycles. The number of carbonyl (C=O) groups is 2. The third-order valence-corrected chi connectivity index (χ3v) is 4.68. The maximum Gasteiger partial charge on any atom is 0.338 e. The predicted octanol–water partition coefficient (Wildman–Crippen LogP) is 0.550. The van der Waals surface area contributed by atoms with Gasteiger partial charge in [-0.1, -0.05) is 4.47 Å². The predicted molar refractivity (Wildman–Crippen MR) is 82.0 cm³/mol. The van der Waals surface area contributed by atoms with Crippen molar-refractivity contribution in [3.8, 4) is 0 Å². The van der Waals surface area contributed by atoms with Crippen molar-refractivity contribution in [3.05, 3.63) is 29.8 Å². The van der Waals surface area contributed by atoms with Crippen LogP contribution in [0.1, 0.15) is 24.2 Å². The van der Waals surface area contributed by atoms with Crippen LogP contribution in [0.4, 0.5) is 0 Å². The van der Waals surface area contributed by atoms with Crippen LogP contribution in [0.3, 0.4) is 0 Å². The van der Waals surface area contributed by atoms with E-state index >= 15 is 0 Å². The lowest BCUT2D eigenvalue weighted by Gasteiger charge is -2.15. The molecule has 9 heteroatoms. The second-order valence-corrected chi connectivity index (χ2v) is 6.50. The molecule has 128 valence electrons. The van der Waals surface area contributed by atoms with Gasteiger partial charge in [-0.3, -0.25) is 9.63 Å². The van der Waals surface area contributed by atoms with Crippen molar-refractivity contribution in [2.75, 3.05) is 20.7 Å². The lowest BCUT2D eigenvalue weighted by molar-refractivity contribution is -0.128. The second-order valence-electron chi connectivity index (χ2n) is 4.56. The zero-order valence-electron chi connectivity index (χ0n) is 13.4. The van der Waals surface area contributed by atoms with Gasteiger partial charge in [0.2, 0.25) is 0 Å². The van der Waals surface area contributed by atoms with E-state index in [4.69, 9.17) is 4.74 Å². The number of hydrogen-bond donors (Lipinski definition) is 1. The molecular weight excluding hydrogens is 324 g/mol. The normalized spacial score (nSPS) is 12.7. The van der Waals surface area contributed by atoms with Gasteiger partial charge >= 0.3 is 5.97 Å². The van der Waals surface area contributed by atoms with Gasteiger partial charge in [0.25, 0.3) is 15.9 Å². The van der Waals surface area contributed by atoms with Crippen LogP contribution in [0.2, 0.25) is 0 Å². The fraction of sp³-hybridized carbons (Fsp3) is 0.429. The van der Waals surface area contributed by atoms with Crippen LogP contribution in [0.5, 0.6) is 0 Å². The zero-order valence-corrected chi connectivity index (χ0v) is 14.2. The molecule has 1 aromatic rings. The smallest absolute Gasteiger partial charge is 0.338 e. The highest BCUT2D eigenvalue weighted by Crippen LogP contribution is 2.16. The lowest BCUT2D eigenvalue weighted by Crippen LogP contribution is -2.35. The first kappa shape index (κ1) is 19.1. The van der Waals surface area contributed by atoms with Crippen molar-refractivity contribution in [1.29, 1.82) is 0 Å². The minimum atomic E-state index is -3.78. The summed E-state index contributed by atoms with van der Waals surface area (Å²) in [6.07, 6.45) is -0.939. The summed E-state index contributed by atoms with van der Waals surface area (Å²) in [5, 5.41) is 2.54. The zero-order chi connectivity index (χ0) is 17.6. The fourth-order valence-electron chi connectivity index (χ4n) is 1.61. The highest BCUT2D eigenvalue weighted by Gasteiger charge is 2.22. The highest BCUT2D eigenvalue weighted by molar-refractivity contribution is 7.89. The summed E-state index contributed by atoms with van der Waals surface area (Å²) in [4.78, 5) is 28.1. The van der Waals surface area contributed by atoms with Crippen LogP contribution in [0.15, 0.2) is 29.2 Å². The molecule has 1 aromatic carbocycles. The summed E-state index contributed by atoms with van der Waals surface area (Å²) in [5.74, 6) is -1.12. The van der Waals surface area contributed by atoms with Gasteiger partial charge in [0.1, 0.15) is 0 Å². The Kier molecular flexibility index (Phi) is 6.67. The Morgan fingerprint density at radius 1 is 1.26 bits per heavy atom. The number of amides is 1.